The van der Waals surface area contributed by atoms with Crippen LogP contribution in [0.25, 0.3) is 0 Å². The molecule has 0 aliphatic rings. The number of rotatable bonds is 5. The van der Waals surface area contributed by atoms with Crippen molar-refractivity contribution in [3.63, 3.8) is 0 Å². The molecular formula is C12H16ClN3. The zero-order valence-corrected chi connectivity index (χ0v) is 10.4. The van der Waals surface area contributed by atoms with Crippen LogP contribution in [0.2, 0.25) is 5.02 Å². The quantitative estimate of drug-likeness (QED) is 0.801. The Hall–Kier alpha value is -1.24. The van der Waals surface area contributed by atoms with E-state index >= 15 is 0 Å². The van der Waals surface area contributed by atoms with Crippen molar-refractivity contribution < 1.29 is 0 Å². The first-order chi connectivity index (χ1) is 7.63. The van der Waals surface area contributed by atoms with E-state index in [1.165, 1.54) is 0 Å². The number of nitrogens with one attached hydrogen (secondary N) is 1. The Labute approximate surface area is 102 Å². The van der Waals surface area contributed by atoms with Crippen LogP contribution in [0.3, 0.4) is 0 Å². The topological polar surface area (TPSA) is 39.1 Å². The Morgan fingerprint density at radius 1 is 1.44 bits per heavy atom. The number of nitrogens with zero attached hydrogens (tertiary/aromatic N) is 2. The molecule has 1 N–H and O–H groups in total. The Balaban J connectivity index is 2.44. The summed E-state index contributed by atoms with van der Waals surface area (Å²) in [5.74, 6) is 0. The second-order valence-electron chi connectivity index (χ2n) is 3.89. The van der Waals surface area contributed by atoms with Crippen molar-refractivity contribution in [3.05, 3.63) is 28.8 Å². The number of hydrogen-bond acceptors (Lipinski definition) is 3. The van der Waals surface area contributed by atoms with Gasteiger partial charge in [0.1, 0.15) is 6.07 Å². The largest absolute Gasteiger partial charge is 0.385 e. The lowest BCUT2D eigenvalue weighted by Gasteiger charge is -2.10. The second-order valence-corrected chi connectivity index (χ2v) is 4.30. The number of halogens is 1. The number of hydrogen-bond donors (Lipinski definition) is 1. The summed E-state index contributed by atoms with van der Waals surface area (Å²) in [4.78, 5) is 2.15. The van der Waals surface area contributed by atoms with Crippen LogP contribution >= 0.6 is 11.6 Å². The van der Waals surface area contributed by atoms with E-state index in [4.69, 9.17) is 16.9 Å². The highest BCUT2D eigenvalue weighted by atomic mass is 35.5. The van der Waals surface area contributed by atoms with Gasteiger partial charge in [0, 0.05) is 12.2 Å². The third kappa shape index (κ3) is 4.09. The van der Waals surface area contributed by atoms with Gasteiger partial charge in [-0.15, -0.1) is 0 Å². The zero-order chi connectivity index (χ0) is 12.0. The standard InChI is InChI=1S/C12H16ClN3/c1-16(2)7-3-6-15-11-5-4-10(9-14)12(13)8-11/h4-5,8,15H,3,6-7H2,1-2H3. The van der Waals surface area contributed by atoms with E-state index in [-0.39, 0.29) is 0 Å². The molecule has 0 bridgehead atoms. The van der Waals surface area contributed by atoms with Gasteiger partial charge in [0.25, 0.3) is 0 Å². The van der Waals surface area contributed by atoms with Crippen molar-refractivity contribution in [1.82, 2.24) is 4.90 Å². The molecule has 0 spiro atoms. The highest BCUT2D eigenvalue weighted by Gasteiger charge is 2.00. The first kappa shape index (κ1) is 12.8. The zero-order valence-electron chi connectivity index (χ0n) is 9.63. The molecule has 0 aliphatic carbocycles. The van der Waals surface area contributed by atoms with Crippen molar-refractivity contribution in [2.45, 2.75) is 6.42 Å². The van der Waals surface area contributed by atoms with Gasteiger partial charge in [-0.25, -0.2) is 0 Å². The monoisotopic (exact) mass is 237 g/mol. The van der Waals surface area contributed by atoms with Gasteiger partial charge in [-0.05, 0) is 45.3 Å². The van der Waals surface area contributed by atoms with Gasteiger partial charge in [0.05, 0.1) is 10.6 Å². The molecule has 4 heteroatoms. The normalized spacial score (nSPS) is 10.2. The van der Waals surface area contributed by atoms with Crippen LogP contribution < -0.4 is 5.32 Å². The molecule has 0 unspecified atom stereocenters. The number of anilines is 1. The number of benzene rings is 1. The summed E-state index contributed by atoms with van der Waals surface area (Å²) in [5, 5.41) is 12.5. The second kappa shape index (κ2) is 6.37. The SMILES string of the molecule is CN(C)CCCNc1ccc(C#N)c(Cl)c1. The molecule has 1 aromatic rings. The van der Waals surface area contributed by atoms with Crippen LogP contribution in [0.15, 0.2) is 18.2 Å². The molecule has 0 aliphatic heterocycles. The minimum absolute atomic E-state index is 0.500. The lowest BCUT2D eigenvalue weighted by molar-refractivity contribution is 0.405. The average Bonchev–Trinajstić information content (AvgIpc) is 2.24. The fourth-order valence-corrected chi connectivity index (χ4v) is 1.57. The van der Waals surface area contributed by atoms with Crippen LogP contribution in [-0.2, 0) is 0 Å². The van der Waals surface area contributed by atoms with Crippen molar-refractivity contribution in [3.8, 4) is 6.07 Å². The van der Waals surface area contributed by atoms with Crippen molar-refractivity contribution in [1.29, 1.82) is 5.26 Å². The molecule has 0 amide bonds. The predicted octanol–water partition coefficient (Wildman–Crippen LogP) is 2.58. The van der Waals surface area contributed by atoms with Gasteiger partial charge >= 0.3 is 0 Å². The van der Waals surface area contributed by atoms with Gasteiger partial charge in [-0.1, -0.05) is 11.6 Å². The summed E-state index contributed by atoms with van der Waals surface area (Å²) >= 11 is 5.92. The van der Waals surface area contributed by atoms with Crippen LogP contribution in [0.5, 0.6) is 0 Å². The van der Waals surface area contributed by atoms with E-state index in [0.717, 1.165) is 25.2 Å². The Morgan fingerprint density at radius 2 is 2.19 bits per heavy atom. The van der Waals surface area contributed by atoms with E-state index in [0.29, 0.717) is 10.6 Å². The Morgan fingerprint density at radius 3 is 2.75 bits per heavy atom. The summed E-state index contributed by atoms with van der Waals surface area (Å²) in [6, 6.07) is 7.43. The Kier molecular flexibility index (Phi) is 5.10. The van der Waals surface area contributed by atoms with Crippen LogP contribution in [-0.4, -0.2) is 32.1 Å². The van der Waals surface area contributed by atoms with Crippen molar-refractivity contribution >= 4 is 17.3 Å². The highest BCUT2D eigenvalue weighted by Crippen LogP contribution is 2.19. The van der Waals surface area contributed by atoms with Gasteiger partial charge in [-0.3, -0.25) is 0 Å². The minimum Gasteiger partial charge on any atom is -0.385 e. The summed E-state index contributed by atoms with van der Waals surface area (Å²) in [6.07, 6.45) is 1.07. The van der Waals surface area contributed by atoms with E-state index in [1.807, 2.05) is 12.1 Å². The molecule has 0 atom stereocenters. The third-order valence-electron chi connectivity index (χ3n) is 2.20. The van der Waals surface area contributed by atoms with E-state index in [2.05, 4.69) is 24.3 Å². The first-order valence-electron chi connectivity index (χ1n) is 5.21. The molecule has 0 saturated heterocycles. The molecule has 3 nitrogen and oxygen atoms in total. The maximum atomic E-state index is 8.72. The van der Waals surface area contributed by atoms with E-state index in [9.17, 15) is 0 Å². The fourth-order valence-electron chi connectivity index (χ4n) is 1.34. The van der Waals surface area contributed by atoms with Gasteiger partial charge in [-0.2, -0.15) is 5.26 Å². The lowest BCUT2D eigenvalue weighted by atomic mass is 10.2. The molecular weight excluding hydrogens is 222 g/mol. The summed E-state index contributed by atoms with van der Waals surface area (Å²) in [6.45, 7) is 1.96. The Bertz CT molecular complexity index is 382. The van der Waals surface area contributed by atoms with Crippen LogP contribution in [0.1, 0.15) is 12.0 Å². The van der Waals surface area contributed by atoms with Crippen molar-refractivity contribution in [2.24, 2.45) is 0 Å². The molecule has 0 radical (unpaired) electrons. The summed E-state index contributed by atoms with van der Waals surface area (Å²) < 4.78 is 0. The molecule has 1 rings (SSSR count). The van der Waals surface area contributed by atoms with E-state index < -0.39 is 0 Å². The van der Waals surface area contributed by atoms with Gasteiger partial charge in [0.2, 0.25) is 0 Å². The fraction of sp³-hybridized carbons (Fsp3) is 0.417. The summed E-state index contributed by atoms with van der Waals surface area (Å²) in [5.41, 5.74) is 1.48. The number of nitriles is 1. The maximum absolute atomic E-state index is 8.72. The minimum atomic E-state index is 0.500. The van der Waals surface area contributed by atoms with Gasteiger partial charge < -0.3 is 10.2 Å². The van der Waals surface area contributed by atoms with Crippen LogP contribution in [0.4, 0.5) is 5.69 Å². The lowest BCUT2D eigenvalue weighted by Crippen LogP contribution is -2.16. The predicted molar refractivity (Wildman–Crippen MR) is 67.8 cm³/mol. The molecule has 1 aromatic carbocycles. The molecule has 0 aromatic heterocycles. The summed E-state index contributed by atoms with van der Waals surface area (Å²) in [7, 11) is 4.11. The maximum Gasteiger partial charge on any atom is 0.101 e. The van der Waals surface area contributed by atoms with Crippen LogP contribution in [0, 0.1) is 11.3 Å². The first-order valence-corrected chi connectivity index (χ1v) is 5.59. The van der Waals surface area contributed by atoms with E-state index in [1.54, 1.807) is 12.1 Å². The van der Waals surface area contributed by atoms with Crippen molar-refractivity contribution in [2.75, 3.05) is 32.5 Å². The molecule has 16 heavy (non-hydrogen) atoms. The average molecular weight is 238 g/mol. The third-order valence-corrected chi connectivity index (χ3v) is 2.51. The molecule has 0 fully saturated rings. The highest BCUT2D eigenvalue weighted by molar-refractivity contribution is 6.32. The smallest absolute Gasteiger partial charge is 0.101 e. The molecule has 86 valence electrons. The molecule has 0 saturated carbocycles. The van der Waals surface area contributed by atoms with Gasteiger partial charge in [0.15, 0.2) is 0 Å². The molecule has 0 heterocycles.